The number of hydrogen-bond donors (Lipinski definition) is 2. The molecule has 1 aliphatic heterocycles. The van der Waals surface area contributed by atoms with Crippen LogP contribution in [0.4, 0.5) is 0 Å². The van der Waals surface area contributed by atoms with Crippen LogP contribution < -0.4 is 10.6 Å². The fraction of sp³-hybridized carbons (Fsp3) is 0.189. The minimum atomic E-state index is -0.290. The molecule has 0 radical (unpaired) electrons. The third-order valence-corrected chi connectivity index (χ3v) is 13.3. The summed E-state index contributed by atoms with van der Waals surface area (Å²) in [6.45, 7) is 4.71. The lowest BCUT2D eigenvalue weighted by Gasteiger charge is -2.42. The lowest BCUT2D eigenvalue weighted by Crippen LogP contribution is -2.45. The molecular weight excluding hydrogens is 679 g/mol. The van der Waals surface area contributed by atoms with Crippen LogP contribution in [0, 0.1) is 5.92 Å². The number of amidine groups is 1. The van der Waals surface area contributed by atoms with Crippen LogP contribution in [0.25, 0.3) is 27.5 Å². The number of fused-ring (bicyclic) bond motifs is 6. The van der Waals surface area contributed by atoms with Crippen LogP contribution >= 0.6 is 0 Å². The molecule has 56 heavy (non-hydrogen) atoms. The van der Waals surface area contributed by atoms with Gasteiger partial charge in [0.25, 0.3) is 0 Å². The van der Waals surface area contributed by atoms with Gasteiger partial charge in [0.15, 0.2) is 0 Å². The standard InChI is InChI=1S/C53H45N3/c1-52(2)43-28-16-14-26-40(43)41-31-30-36(33-45(41)52)50-54-49(34-18-6-3-7-19-34)55-51(56-50)48-39-25-13-12-20-35(39)32-46-47(48)42-27-15-17-29-44(42)53(46,37-21-8-4-9-22-37)38-23-10-5-11-24-38/h3-16,18-23,25-28,30-33,38,49,51,55H,17,24,29H2,1-2H3,(H,54,56). The van der Waals surface area contributed by atoms with Crippen molar-refractivity contribution in [3.63, 3.8) is 0 Å². The highest BCUT2D eigenvalue weighted by Crippen LogP contribution is 2.61. The first-order valence-corrected chi connectivity index (χ1v) is 20.3. The summed E-state index contributed by atoms with van der Waals surface area (Å²) < 4.78 is 0. The van der Waals surface area contributed by atoms with Crippen LogP contribution in [-0.4, -0.2) is 5.84 Å². The van der Waals surface area contributed by atoms with Gasteiger partial charge in [0.1, 0.15) is 18.2 Å². The molecule has 2 N–H and O–H groups in total. The maximum absolute atomic E-state index is 5.48. The molecule has 0 amide bonds. The van der Waals surface area contributed by atoms with Crippen LogP contribution in [-0.2, 0) is 10.8 Å². The van der Waals surface area contributed by atoms with Gasteiger partial charge in [0.2, 0.25) is 0 Å². The maximum atomic E-state index is 5.48. The van der Waals surface area contributed by atoms with Gasteiger partial charge in [0, 0.05) is 22.0 Å². The topological polar surface area (TPSA) is 36.4 Å². The lowest BCUT2D eigenvalue weighted by atomic mass is 9.60. The van der Waals surface area contributed by atoms with Crippen molar-refractivity contribution in [2.24, 2.45) is 10.9 Å². The van der Waals surface area contributed by atoms with Gasteiger partial charge in [-0.2, -0.15) is 0 Å². The predicted octanol–water partition coefficient (Wildman–Crippen LogP) is 12.0. The minimum absolute atomic E-state index is 0.107. The molecule has 0 bridgehead atoms. The van der Waals surface area contributed by atoms with Crippen LogP contribution in [0.3, 0.4) is 0 Å². The first-order valence-electron chi connectivity index (χ1n) is 20.3. The van der Waals surface area contributed by atoms with Crippen molar-refractivity contribution in [1.82, 2.24) is 10.6 Å². The molecule has 0 spiro atoms. The fourth-order valence-corrected chi connectivity index (χ4v) is 10.8. The van der Waals surface area contributed by atoms with E-state index in [1.165, 1.54) is 60.9 Å². The van der Waals surface area contributed by atoms with E-state index in [0.717, 1.165) is 36.2 Å². The van der Waals surface area contributed by atoms with Gasteiger partial charge < -0.3 is 5.32 Å². The molecule has 3 heteroatoms. The molecule has 6 aromatic carbocycles. The summed E-state index contributed by atoms with van der Waals surface area (Å²) in [6.07, 6.45) is 16.8. The third kappa shape index (κ3) is 4.83. The smallest absolute Gasteiger partial charge is 0.131 e. The molecule has 0 fully saturated rings. The van der Waals surface area contributed by atoms with E-state index in [2.05, 4.69) is 194 Å². The number of aliphatic imine (C=N–C) groups is 1. The summed E-state index contributed by atoms with van der Waals surface area (Å²) in [5, 5.41) is 10.7. The minimum Gasteiger partial charge on any atom is -0.350 e. The van der Waals surface area contributed by atoms with Gasteiger partial charge in [0.05, 0.1) is 0 Å². The van der Waals surface area contributed by atoms with E-state index in [4.69, 9.17) is 4.99 Å². The van der Waals surface area contributed by atoms with Crippen molar-refractivity contribution in [3.8, 4) is 11.1 Å². The van der Waals surface area contributed by atoms with E-state index in [9.17, 15) is 0 Å². The zero-order valence-electron chi connectivity index (χ0n) is 32.0. The summed E-state index contributed by atoms with van der Waals surface area (Å²) in [5.74, 6) is 1.21. The Labute approximate surface area is 329 Å². The molecule has 0 saturated carbocycles. The molecular formula is C53H45N3. The highest BCUT2D eigenvalue weighted by molar-refractivity contribution is 6.03. The quantitative estimate of drug-likeness (QED) is 0.186. The van der Waals surface area contributed by atoms with Crippen LogP contribution in [0.2, 0.25) is 0 Å². The predicted molar refractivity (Wildman–Crippen MR) is 232 cm³/mol. The summed E-state index contributed by atoms with van der Waals surface area (Å²) in [6, 6.07) is 49.5. The van der Waals surface area contributed by atoms with Gasteiger partial charge in [-0.25, -0.2) is 4.99 Å². The van der Waals surface area contributed by atoms with E-state index in [0.29, 0.717) is 5.92 Å². The molecule has 272 valence electrons. The molecule has 11 rings (SSSR count). The number of nitrogens with zero attached hydrogens (tertiary/aromatic N) is 1. The van der Waals surface area contributed by atoms with Gasteiger partial charge in [-0.1, -0.05) is 172 Å². The number of allylic oxidation sites excluding steroid dienone is 8. The first-order chi connectivity index (χ1) is 27.5. The number of hydrogen-bond acceptors (Lipinski definition) is 3. The van der Waals surface area contributed by atoms with Gasteiger partial charge in [-0.15, -0.1) is 0 Å². The molecule has 1 heterocycles. The molecule has 4 aliphatic carbocycles. The van der Waals surface area contributed by atoms with Crippen molar-refractivity contribution < 1.29 is 0 Å². The van der Waals surface area contributed by atoms with Crippen molar-refractivity contribution in [2.45, 2.75) is 56.3 Å². The second kappa shape index (κ2) is 12.8. The Morgan fingerprint density at radius 3 is 2.30 bits per heavy atom. The average Bonchev–Trinajstić information content (AvgIpc) is 3.68. The van der Waals surface area contributed by atoms with Gasteiger partial charge in [-0.05, 0) is 104 Å². The molecule has 4 unspecified atom stereocenters. The first kappa shape index (κ1) is 33.3. The second-order valence-electron chi connectivity index (χ2n) is 16.6. The number of nitrogens with one attached hydrogen (secondary N) is 2. The van der Waals surface area contributed by atoms with E-state index in [1.54, 1.807) is 5.57 Å². The molecule has 6 aromatic rings. The molecule has 0 saturated heterocycles. The fourth-order valence-electron chi connectivity index (χ4n) is 10.8. The number of rotatable bonds is 5. The van der Waals surface area contributed by atoms with Gasteiger partial charge >= 0.3 is 0 Å². The Balaban J connectivity index is 1.14. The summed E-state index contributed by atoms with van der Waals surface area (Å²) >= 11 is 0. The summed E-state index contributed by atoms with van der Waals surface area (Å²) in [5.41, 5.74) is 15.6. The summed E-state index contributed by atoms with van der Waals surface area (Å²) in [7, 11) is 0. The molecule has 5 aliphatic rings. The second-order valence-corrected chi connectivity index (χ2v) is 16.6. The lowest BCUT2D eigenvalue weighted by molar-refractivity contribution is 0.408. The SMILES string of the molecule is CC1(C)c2ccccc2-c2ccc(C3=NC(c4ccccc4)NC(c4c5c(cc6ccccc46)C(c4ccccc4)(C4C=CC=CC4)C4=C5C=CCC4)N3)cc21. The van der Waals surface area contributed by atoms with E-state index >= 15 is 0 Å². The zero-order valence-corrected chi connectivity index (χ0v) is 32.0. The normalized spacial score (nSPS) is 24.0. The largest absolute Gasteiger partial charge is 0.350 e. The molecule has 4 atom stereocenters. The Morgan fingerprint density at radius 2 is 1.46 bits per heavy atom. The summed E-state index contributed by atoms with van der Waals surface area (Å²) in [4.78, 5) is 5.48. The van der Waals surface area contributed by atoms with Crippen LogP contribution in [0.5, 0.6) is 0 Å². The van der Waals surface area contributed by atoms with Crippen molar-refractivity contribution >= 4 is 22.2 Å². The average molecular weight is 724 g/mol. The highest BCUT2D eigenvalue weighted by atomic mass is 15.3. The molecule has 3 nitrogen and oxygen atoms in total. The van der Waals surface area contributed by atoms with E-state index in [1.807, 2.05) is 0 Å². The Hall–Kier alpha value is -6.03. The monoisotopic (exact) mass is 723 g/mol. The van der Waals surface area contributed by atoms with Crippen LogP contribution in [0.1, 0.15) is 89.9 Å². The highest BCUT2D eigenvalue weighted by Gasteiger charge is 2.52. The molecule has 0 aromatic heterocycles. The van der Waals surface area contributed by atoms with Crippen molar-refractivity contribution in [3.05, 3.63) is 220 Å². The number of benzene rings is 6. The van der Waals surface area contributed by atoms with Gasteiger partial charge in [-0.3, -0.25) is 5.32 Å². The zero-order chi connectivity index (χ0) is 37.4. The van der Waals surface area contributed by atoms with Crippen molar-refractivity contribution in [1.29, 1.82) is 0 Å². The van der Waals surface area contributed by atoms with Crippen molar-refractivity contribution in [2.75, 3.05) is 0 Å². The third-order valence-electron chi connectivity index (χ3n) is 13.3. The van der Waals surface area contributed by atoms with Crippen LogP contribution in [0.15, 0.2) is 180 Å². The Morgan fingerprint density at radius 1 is 0.696 bits per heavy atom. The Bertz CT molecular complexity index is 2710. The van der Waals surface area contributed by atoms with E-state index in [-0.39, 0.29) is 23.2 Å². The van der Waals surface area contributed by atoms with E-state index < -0.39 is 0 Å². The Kier molecular flexibility index (Phi) is 7.59. The maximum Gasteiger partial charge on any atom is 0.131 e.